The minimum absolute atomic E-state index is 0.118. The second-order valence-electron chi connectivity index (χ2n) is 9.76. The van der Waals surface area contributed by atoms with Crippen molar-refractivity contribution in [1.82, 2.24) is 0 Å². The molecule has 3 aromatic carbocycles. The maximum absolute atomic E-state index is 15.1. The summed E-state index contributed by atoms with van der Waals surface area (Å²) in [5.41, 5.74) is 3.27. The summed E-state index contributed by atoms with van der Waals surface area (Å²) >= 11 is 0. The summed E-state index contributed by atoms with van der Waals surface area (Å²) in [4.78, 5) is 28.0. The Balaban J connectivity index is 2.02. The number of rotatable bonds is 3. The Hall–Kier alpha value is -3.73. The van der Waals surface area contributed by atoms with Gasteiger partial charge in [0.2, 0.25) is 0 Å². The van der Waals surface area contributed by atoms with Crippen molar-refractivity contribution in [3.8, 4) is 0 Å². The van der Waals surface area contributed by atoms with E-state index in [4.69, 9.17) is 0 Å². The number of hydrogen-bond acceptors (Lipinski definition) is 3. The van der Waals surface area contributed by atoms with Crippen molar-refractivity contribution in [3.63, 3.8) is 0 Å². The first-order chi connectivity index (χ1) is 16.0. The SMILES string of the molecule is Cc1ccc(C(C)(C)C)cc1/C(O)=C1\C(=O)C(=O)N(c2ccccc2C)C1c1ccccc1F. The molecule has 1 aliphatic heterocycles. The molecule has 0 aliphatic carbocycles. The van der Waals surface area contributed by atoms with Gasteiger partial charge in [-0.05, 0) is 54.2 Å². The first kappa shape index (κ1) is 23.4. The fourth-order valence-corrected chi connectivity index (χ4v) is 4.39. The van der Waals surface area contributed by atoms with Crippen LogP contribution in [0.4, 0.5) is 10.1 Å². The Bertz CT molecular complexity index is 1330. The summed E-state index contributed by atoms with van der Waals surface area (Å²) in [6.07, 6.45) is 0. The number of carbonyl (C=O) groups is 2. The molecule has 4 rings (SSSR count). The smallest absolute Gasteiger partial charge is 0.300 e. The number of anilines is 1. The average Bonchev–Trinajstić information content (AvgIpc) is 3.04. The van der Waals surface area contributed by atoms with Crippen molar-refractivity contribution in [1.29, 1.82) is 0 Å². The second kappa shape index (κ2) is 8.56. The molecule has 3 aromatic rings. The van der Waals surface area contributed by atoms with Crippen LogP contribution < -0.4 is 4.90 Å². The summed E-state index contributed by atoms with van der Waals surface area (Å²) in [6.45, 7) is 9.81. The van der Waals surface area contributed by atoms with Crippen LogP contribution in [-0.2, 0) is 15.0 Å². The van der Waals surface area contributed by atoms with E-state index in [1.54, 1.807) is 30.3 Å². The molecular formula is C29H28FNO3. The number of aliphatic hydroxyl groups excluding tert-OH is 1. The van der Waals surface area contributed by atoms with Gasteiger partial charge in [0.15, 0.2) is 0 Å². The maximum Gasteiger partial charge on any atom is 0.300 e. The van der Waals surface area contributed by atoms with Crippen LogP contribution in [0.3, 0.4) is 0 Å². The number of carbonyl (C=O) groups excluding carboxylic acids is 2. The molecule has 0 aromatic heterocycles. The van der Waals surface area contributed by atoms with Crippen molar-refractivity contribution >= 4 is 23.1 Å². The second-order valence-corrected chi connectivity index (χ2v) is 9.76. The third kappa shape index (κ3) is 3.92. The summed E-state index contributed by atoms with van der Waals surface area (Å²) < 4.78 is 15.1. The van der Waals surface area contributed by atoms with Gasteiger partial charge in [0.05, 0.1) is 11.6 Å². The Morgan fingerprint density at radius 3 is 2.21 bits per heavy atom. The molecular weight excluding hydrogens is 429 g/mol. The monoisotopic (exact) mass is 457 g/mol. The molecule has 0 bridgehead atoms. The number of benzene rings is 3. The topological polar surface area (TPSA) is 57.6 Å². The van der Waals surface area contributed by atoms with Crippen LogP contribution in [-0.4, -0.2) is 16.8 Å². The number of nitrogens with zero attached hydrogens (tertiary/aromatic N) is 1. The van der Waals surface area contributed by atoms with Gasteiger partial charge in [0.25, 0.3) is 11.7 Å². The number of amides is 1. The summed E-state index contributed by atoms with van der Waals surface area (Å²) in [7, 11) is 0. The highest BCUT2D eigenvalue weighted by molar-refractivity contribution is 6.51. The molecule has 0 spiro atoms. The lowest BCUT2D eigenvalue weighted by Crippen LogP contribution is -2.30. The minimum atomic E-state index is -1.10. The van der Waals surface area contributed by atoms with Gasteiger partial charge in [-0.15, -0.1) is 0 Å². The van der Waals surface area contributed by atoms with Gasteiger partial charge in [-0.2, -0.15) is 0 Å². The first-order valence-corrected chi connectivity index (χ1v) is 11.2. The molecule has 1 aliphatic rings. The van der Waals surface area contributed by atoms with E-state index in [0.29, 0.717) is 11.3 Å². The number of aliphatic hydroxyl groups is 1. The fraction of sp³-hybridized carbons (Fsp3) is 0.241. The van der Waals surface area contributed by atoms with E-state index in [1.165, 1.54) is 11.0 Å². The molecule has 1 fully saturated rings. The van der Waals surface area contributed by atoms with Crippen molar-refractivity contribution < 1.29 is 19.1 Å². The zero-order valence-corrected chi connectivity index (χ0v) is 20.0. The van der Waals surface area contributed by atoms with Gasteiger partial charge < -0.3 is 5.11 Å². The van der Waals surface area contributed by atoms with Gasteiger partial charge >= 0.3 is 0 Å². The van der Waals surface area contributed by atoms with Gasteiger partial charge in [0, 0.05) is 16.8 Å². The normalized spacial score (nSPS) is 17.9. The first-order valence-electron chi connectivity index (χ1n) is 11.2. The quantitative estimate of drug-likeness (QED) is 0.283. The molecule has 1 heterocycles. The van der Waals surface area contributed by atoms with Crippen LogP contribution in [0.2, 0.25) is 0 Å². The molecule has 1 amide bonds. The van der Waals surface area contributed by atoms with Gasteiger partial charge in [-0.3, -0.25) is 14.5 Å². The number of aryl methyl sites for hydroxylation is 2. The number of halogens is 1. The lowest BCUT2D eigenvalue weighted by atomic mass is 9.84. The van der Waals surface area contributed by atoms with Gasteiger partial charge in [-0.25, -0.2) is 4.39 Å². The van der Waals surface area contributed by atoms with Gasteiger partial charge in [-0.1, -0.05) is 69.3 Å². The highest BCUT2D eigenvalue weighted by atomic mass is 19.1. The van der Waals surface area contributed by atoms with Crippen LogP contribution in [0.25, 0.3) is 5.76 Å². The van der Waals surface area contributed by atoms with E-state index < -0.39 is 23.5 Å². The predicted octanol–water partition coefficient (Wildman–Crippen LogP) is 6.37. The fourth-order valence-electron chi connectivity index (χ4n) is 4.39. The number of ketones is 1. The molecule has 34 heavy (non-hydrogen) atoms. The molecule has 1 unspecified atom stereocenters. The summed E-state index contributed by atoms with van der Waals surface area (Å²) in [6, 6.07) is 17.8. The molecule has 5 heteroatoms. The van der Waals surface area contributed by atoms with Crippen molar-refractivity contribution in [2.75, 3.05) is 4.90 Å². The Labute approximate surface area is 199 Å². The standard InChI is InChI=1S/C29H28FNO3/c1-17-14-15-19(29(3,4)5)16-21(17)26(32)24-25(20-11-7-8-12-22(20)30)31(28(34)27(24)33)23-13-9-6-10-18(23)2/h6-16,25,32H,1-5H3/b26-24+. The Kier molecular flexibility index (Phi) is 5.90. The lowest BCUT2D eigenvalue weighted by Gasteiger charge is -2.27. The van der Waals surface area contributed by atoms with Crippen LogP contribution in [0.5, 0.6) is 0 Å². The number of para-hydroxylation sites is 1. The third-order valence-corrected chi connectivity index (χ3v) is 6.38. The average molecular weight is 458 g/mol. The third-order valence-electron chi connectivity index (χ3n) is 6.38. The Morgan fingerprint density at radius 1 is 0.912 bits per heavy atom. The maximum atomic E-state index is 15.1. The van der Waals surface area contributed by atoms with Crippen molar-refractivity contribution in [2.24, 2.45) is 0 Å². The Morgan fingerprint density at radius 2 is 1.56 bits per heavy atom. The van der Waals surface area contributed by atoms with Crippen molar-refractivity contribution in [2.45, 2.75) is 46.1 Å². The van der Waals surface area contributed by atoms with E-state index in [9.17, 15) is 14.7 Å². The van der Waals surface area contributed by atoms with Crippen LogP contribution in [0.1, 0.15) is 54.6 Å². The molecule has 1 atom stereocenters. The van der Waals surface area contributed by atoms with Crippen molar-refractivity contribution in [3.05, 3.63) is 106 Å². The molecule has 0 radical (unpaired) electrons. The van der Waals surface area contributed by atoms with Crippen LogP contribution >= 0.6 is 0 Å². The highest BCUT2D eigenvalue weighted by Gasteiger charge is 2.48. The van der Waals surface area contributed by atoms with Crippen LogP contribution in [0, 0.1) is 19.7 Å². The van der Waals surface area contributed by atoms with E-state index in [2.05, 4.69) is 20.8 Å². The zero-order valence-electron chi connectivity index (χ0n) is 20.0. The molecule has 174 valence electrons. The summed E-state index contributed by atoms with van der Waals surface area (Å²) in [5.74, 6) is -2.49. The molecule has 1 N–H and O–H groups in total. The zero-order chi connectivity index (χ0) is 24.8. The van der Waals surface area contributed by atoms with E-state index in [1.807, 2.05) is 44.2 Å². The molecule has 0 saturated carbocycles. The van der Waals surface area contributed by atoms with E-state index in [0.717, 1.165) is 16.7 Å². The minimum Gasteiger partial charge on any atom is -0.507 e. The molecule has 4 nitrogen and oxygen atoms in total. The molecule has 1 saturated heterocycles. The van der Waals surface area contributed by atoms with E-state index in [-0.39, 0.29) is 22.3 Å². The van der Waals surface area contributed by atoms with Gasteiger partial charge in [0.1, 0.15) is 11.6 Å². The number of Topliss-reactive ketones (excluding diaryl/α,β-unsaturated/α-hetero) is 1. The number of hydrogen-bond donors (Lipinski definition) is 1. The van der Waals surface area contributed by atoms with E-state index >= 15 is 4.39 Å². The largest absolute Gasteiger partial charge is 0.507 e. The highest BCUT2D eigenvalue weighted by Crippen LogP contribution is 2.44. The van der Waals surface area contributed by atoms with Crippen LogP contribution in [0.15, 0.2) is 72.3 Å². The summed E-state index contributed by atoms with van der Waals surface area (Å²) in [5, 5.41) is 11.5. The lowest BCUT2D eigenvalue weighted by molar-refractivity contribution is -0.132. The predicted molar refractivity (Wildman–Crippen MR) is 132 cm³/mol.